The van der Waals surface area contributed by atoms with E-state index in [-0.39, 0.29) is 0 Å². The average molecular weight is 767 g/mol. The molecule has 0 heterocycles. The van der Waals surface area contributed by atoms with Crippen molar-refractivity contribution < 1.29 is 23.7 Å². The number of ether oxygens (including phenoxy) is 2. The Morgan fingerprint density at radius 1 is 0.568 bits per heavy atom. The molecule has 0 aliphatic heterocycles. The number of hydrogen-bond donors (Lipinski definition) is 0. The van der Waals surface area contributed by atoms with Crippen LogP contribution in [0.25, 0.3) is 34.4 Å². The van der Waals surface area contributed by atoms with Crippen molar-refractivity contribution in [1.82, 2.24) is 0 Å². The normalized spacial score (nSPS) is 19.6. The van der Waals surface area contributed by atoms with Gasteiger partial charge in [-0.3, -0.25) is 0 Å². The minimum atomic E-state index is -5.22. The van der Waals surface area contributed by atoms with Crippen LogP contribution in [0.1, 0.15) is 57.3 Å². The Bertz CT molecular complexity index is 1830. The van der Waals surface area contributed by atoms with Crippen LogP contribution >= 0.6 is 0 Å². The molecule has 2 nitrogen and oxygen atoms in total. The summed E-state index contributed by atoms with van der Waals surface area (Å²) in [5.41, 5.74) is 10.8. The van der Waals surface area contributed by atoms with E-state index in [0.29, 0.717) is 14.7 Å². The van der Waals surface area contributed by atoms with Crippen molar-refractivity contribution >= 4 is 19.1 Å². The summed E-state index contributed by atoms with van der Waals surface area (Å²) in [6.07, 6.45) is 10.1. The monoisotopic (exact) mass is 768 g/mol. The van der Waals surface area contributed by atoms with Gasteiger partial charge in [0.2, 0.25) is 0 Å². The Balaban J connectivity index is 1.60. The Morgan fingerprint density at radius 3 is 1.25 bits per heavy atom. The van der Waals surface area contributed by atoms with Crippen LogP contribution in [0.3, 0.4) is 0 Å². The molecule has 4 aromatic rings. The molecule has 0 saturated heterocycles. The van der Waals surface area contributed by atoms with E-state index in [0.717, 1.165) is 11.5 Å². The third-order valence-corrected chi connectivity index (χ3v) is 95.4. The molecule has 228 valence electrons. The zero-order valence-corrected chi connectivity index (χ0v) is 32.7. The van der Waals surface area contributed by atoms with Gasteiger partial charge in [-0.05, 0) is 0 Å². The molecule has 0 bridgehead atoms. The van der Waals surface area contributed by atoms with E-state index in [2.05, 4.69) is 153 Å². The molecule has 0 N–H and O–H groups in total. The van der Waals surface area contributed by atoms with E-state index in [4.69, 9.17) is 9.47 Å². The predicted octanol–water partition coefficient (Wildman–Crippen LogP) is 10.9. The molecule has 44 heavy (non-hydrogen) atoms. The molecule has 2 aliphatic carbocycles. The number of methoxy groups -OCH3 is 2. The first-order valence-electron chi connectivity index (χ1n) is 16.2. The van der Waals surface area contributed by atoms with Crippen LogP contribution < -0.4 is 9.47 Å². The summed E-state index contributed by atoms with van der Waals surface area (Å²) in [6.45, 7) is 12.7. The molecule has 0 fully saturated rings. The summed E-state index contributed by atoms with van der Waals surface area (Å²) in [4.78, 5) is 0. The van der Waals surface area contributed by atoms with Crippen LogP contribution in [-0.2, 0) is 14.2 Å². The van der Waals surface area contributed by atoms with Crippen LogP contribution in [0.5, 0.6) is 11.5 Å². The second kappa shape index (κ2) is 9.53. The van der Waals surface area contributed by atoms with Gasteiger partial charge in [0.1, 0.15) is 0 Å². The van der Waals surface area contributed by atoms with Crippen LogP contribution in [-0.4, -0.2) is 21.2 Å². The number of allylic oxidation sites excluding steroid dienone is 2. The molecule has 0 aromatic heterocycles. The summed E-state index contributed by atoms with van der Waals surface area (Å²) in [6, 6.07) is 31.1. The average Bonchev–Trinajstić information content (AvgIpc) is 3.68. The van der Waals surface area contributed by atoms with Crippen LogP contribution in [0.4, 0.5) is 0 Å². The molecule has 0 amide bonds. The Hall–Kier alpha value is -2.95. The summed E-state index contributed by atoms with van der Waals surface area (Å²) < 4.78 is 18.3. The fourth-order valence-electron chi connectivity index (χ4n) is 9.25. The van der Waals surface area contributed by atoms with Gasteiger partial charge in [0.15, 0.2) is 0 Å². The van der Waals surface area contributed by atoms with Gasteiger partial charge < -0.3 is 0 Å². The molecule has 4 heteroatoms. The van der Waals surface area contributed by atoms with E-state index in [1.807, 2.05) is 0 Å². The van der Waals surface area contributed by atoms with Crippen LogP contribution in [0, 0.1) is 0 Å². The van der Waals surface area contributed by atoms with Crippen molar-refractivity contribution in [2.45, 2.75) is 51.8 Å². The van der Waals surface area contributed by atoms with Gasteiger partial charge in [-0.15, -0.1) is 0 Å². The third-order valence-electron chi connectivity index (χ3n) is 14.5. The van der Waals surface area contributed by atoms with Gasteiger partial charge >= 0.3 is 262 Å². The molecular formula is C40H48HfO2Si. The van der Waals surface area contributed by atoms with Gasteiger partial charge in [0.25, 0.3) is 0 Å². The van der Waals surface area contributed by atoms with Crippen molar-refractivity contribution in [2.75, 3.05) is 14.2 Å². The summed E-state index contributed by atoms with van der Waals surface area (Å²) >= 11 is -5.22. The van der Waals surface area contributed by atoms with Crippen LogP contribution in [0.2, 0.25) is 16.7 Å². The molecule has 2 atom stereocenters. The second-order valence-corrected chi connectivity index (χ2v) is 92.4. The first-order valence-corrected chi connectivity index (χ1v) is 40.0. The molecule has 0 spiro atoms. The molecule has 0 saturated carbocycles. The second-order valence-electron chi connectivity index (χ2n) is 16.4. The third kappa shape index (κ3) is 3.73. The number of rotatable bonds is 8. The standard InChI is InChI=1S/2C16H13O.2C3H7.2CH3.Hf.H2Si/c2*1-17-14-10-8-13(9-11-14)16-7-3-5-12-4-2-6-15(12)16;2*1-3-2;;;;/h2*2-11H,1H3;2*3H,1-2H3;2*1H3;;1H2. The van der Waals surface area contributed by atoms with Gasteiger partial charge in [0.05, 0.1) is 0 Å². The summed E-state index contributed by atoms with van der Waals surface area (Å²) in [5, 5.41) is 0. The first kappa shape index (κ1) is 31.0. The fraction of sp³-hybridized carbons (Fsp3) is 0.300. The van der Waals surface area contributed by atoms with Gasteiger partial charge in [0, 0.05) is 0 Å². The summed E-state index contributed by atoms with van der Waals surface area (Å²) in [5.74, 6) is 1.77. The molecule has 6 rings (SSSR count). The molecule has 0 radical (unpaired) electrons. The first-order chi connectivity index (χ1) is 20.7. The zero-order valence-electron chi connectivity index (χ0n) is 27.7. The number of hydrogen-bond acceptors (Lipinski definition) is 2. The Morgan fingerprint density at radius 2 is 0.932 bits per heavy atom. The number of fused-ring (bicyclic) bond motifs is 2. The van der Waals surface area contributed by atoms with E-state index >= 15 is 0 Å². The van der Waals surface area contributed by atoms with Crippen molar-refractivity contribution in [3.05, 3.63) is 119 Å². The van der Waals surface area contributed by atoms with Gasteiger partial charge in [-0.1, -0.05) is 0 Å². The van der Waals surface area contributed by atoms with E-state index in [1.165, 1.54) is 44.5 Å². The minimum absolute atomic E-state index is 0.357. The predicted molar refractivity (Wildman–Crippen MR) is 191 cm³/mol. The SMILES string of the molecule is COc1ccc(-c2cccc3c2C=C[CH]3[Hf]([CH3])([CH3])(=[SiH2])([CH](C)C)([CH](C)C)[CH]2C=Cc3c(-c4ccc(OC)cc4)cccc32)cc1. The number of benzene rings is 4. The summed E-state index contributed by atoms with van der Waals surface area (Å²) in [7, 11) is 3.45. The topological polar surface area (TPSA) is 18.5 Å². The van der Waals surface area contributed by atoms with Crippen molar-refractivity contribution in [2.24, 2.45) is 0 Å². The molecule has 2 unspecified atom stereocenters. The maximum absolute atomic E-state index is 5.47. The van der Waals surface area contributed by atoms with Gasteiger partial charge in [-0.25, -0.2) is 0 Å². The zero-order chi connectivity index (χ0) is 31.6. The fourth-order valence-corrected chi connectivity index (χ4v) is 50.1. The Labute approximate surface area is 260 Å². The van der Waals surface area contributed by atoms with Crippen molar-refractivity contribution in [1.29, 1.82) is 0 Å². The van der Waals surface area contributed by atoms with E-state index < -0.39 is 14.2 Å². The quantitative estimate of drug-likeness (QED) is 0.166. The molecule has 2 aliphatic rings. The van der Waals surface area contributed by atoms with Crippen LogP contribution in [0.15, 0.2) is 97.1 Å². The van der Waals surface area contributed by atoms with E-state index in [1.54, 1.807) is 14.2 Å². The molecular weight excluding hydrogens is 719 g/mol. The Kier molecular flexibility index (Phi) is 6.72. The maximum atomic E-state index is 5.47. The van der Waals surface area contributed by atoms with E-state index in [9.17, 15) is 0 Å². The molecule has 4 aromatic carbocycles. The van der Waals surface area contributed by atoms with Gasteiger partial charge in [-0.2, -0.15) is 0 Å². The van der Waals surface area contributed by atoms with Crippen molar-refractivity contribution in [3.63, 3.8) is 0 Å². The van der Waals surface area contributed by atoms with Crippen molar-refractivity contribution in [3.8, 4) is 33.8 Å².